The molecule has 0 bridgehead atoms. The predicted octanol–water partition coefficient (Wildman–Crippen LogP) is 1.27. The zero-order valence-electron chi connectivity index (χ0n) is 14.9. The summed E-state index contributed by atoms with van der Waals surface area (Å²) >= 11 is 0. The lowest BCUT2D eigenvalue weighted by atomic mass is 10.1. The highest BCUT2D eigenvalue weighted by Gasteiger charge is 2.25. The molecule has 1 aromatic carbocycles. The largest absolute Gasteiger partial charge is 0.371 e. The molecule has 5 heteroatoms. The van der Waals surface area contributed by atoms with E-state index in [1.165, 1.54) is 5.69 Å². The highest BCUT2D eigenvalue weighted by atomic mass is 16.2. The van der Waals surface area contributed by atoms with Gasteiger partial charge in [-0.05, 0) is 38.4 Å². The lowest BCUT2D eigenvalue weighted by Crippen LogP contribution is -2.53. The lowest BCUT2D eigenvalue weighted by molar-refractivity contribution is -0.123. The number of nitrogens with one attached hydrogen (secondary N) is 1. The maximum Gasteiger partial charge on any atom is 0.234 e. The minimum Gasteiger partial charge on any atom is -0.371 e. The number of amides is 1. The Morgan fingerprint density at radius 1 is 1.17 bits per heavy atom. The summed E-state index contributed by atoms with van der Waals surface area (Å²) in [6.45, 7) is 8.73. The van der Waals surface area contributed by atoms with Crippen molar-refractivity contribution >= 4 is 11.6 Å². The fraction of sp³-hybridized carbons (Fsp3) is 0.632. The van der Waals surface area contributed by atoms with Gasteiger partial charge in [0.1, 0.15) is 0 Å². The molecule has 1 aromatic rings. The number of hydrogen-bond donors (Lipinski definition) is 1. The van der Waals surface area contributed by atoms with E-state index in [0.29, 0.717) is 18.5 Å². The number of carbonyl (C=O) groups is 1. The molecular weight excluding hydrogens is 300 g/mol. The molecule has 0 unspecified atom stereocenters. The van der Waals surface area contributed by atoms with Crippen molar-refractivity contribution in [1.82, 2.24) is 15.1 Å². The number of likely N-dealkylation sites (N-methyl/N-ethyl adjacent to an activating group) is 1. The third kappa shape index (κ3) is 4.48. The minimum absolute atomic E-state index is 0.171. The molecule has 0 aliphatic carbocycles. The molecule has 5 nitrogen and oxygen atoms in total. The van der Waals surface area contributed by atoms with Crippen LogP contribution in [0.4, 0.5) is 5.69 Å². The number of nitrogens with zero attached hydrogens (tertiary/aromatic N) is 3. The highest BCUT2D eigenvalue weighted by Crippen LogP contribution is 2.22. The molecule has 2 heterocycles. The lowest BCUT2D eigenvalue weighted by Gasteiger charge is -2.37. The third-order valence-corrected chi connectivity index (χ3v) is 5.31. The summed E-state index contributed by atoms with van der Waals surface area (Å²) in [5, 5.41) is 3.15. The van der Waals surface area contributed by atoms with Crippen LogP contribution >= 0.6 is 0 Å². The second kappa shape index (κ2) is 7.99. The fourth-order valence-corrected chi connectivity index (χ4v) is 3.78. The Kier molecular flexibility index (Phi) is 5.74. The molecule has 24 heavy (non-hydrogen) atoms. The van der Waals surface area contributed by atoms with E-state index in [4.69, 9.17) is 0 Å². The van der Waals surface area contributed by atoms with E-state index < -0.39 is 0 Å². The number of hydrogen-bond acceptors (Lipinski definition) is 4. The van der Waals surface area contributed by atoms with Crippen molar-refractivity contribution in [2.75, 3.05) is 57.8 Å². The van der Waals surface area contributed by atoms with Gasteiger partial charge in [-0.3, -0.25) is 9.69 Å². The zero-order valence-corrected chi connectivity index (χ0v) is 14.9. The molecule has 0 aromatic heterocycles. The van der Waals surface area contributed by atoms with E-state index in [0.717, 1.165) is 45.7 Å². The van der Waals surface area contributed by atoms with Crippen LogP contribution in [0.15, 0.2) is 30.3 Å². The number of rotatable bonds is 5. The van der Waals surface area contributed by atoms with E-state index in [1.54, 1.807) is 0 Å². The molecule has 1 amide bonds. The first-order valence-corrected chi connectivity index (χ1v) is 9.11. The molecule has 2 saturated heterocycles. The topological polar surface area (TPSA) is 38.8 Å². The van der Waals surface area contributed by atoms with Crippen molar-refractivity contribution in [2.24, 2.45) is 5.92 Å². The Balaban J connectivity index is 1.39. The number of piperazine rings is 1. The van der Waals surface area contributed by atoms with Crippen LogP contribution in [0.1, 0.15) is 13.3 Å². The van der Waals surface area contributed by atoms with Crippen LogP contribution in [0.5, 0.6) is 0 Å². The normalized spacial score (nSPS) is 25.8. The smallest absolute Gasteiger partial charge is 0.234 e. The van der Waals surface area contributed by atoms with Crippen molar-refractivity contribution in [3.05, 3.63) is 30.3 Å². The molecule has 132 valence electrons. The first kappa shape index (κ1) is 17.2. The third-order valence-electron chi connectivity index (χ3n) is 5.31. The molecule has 0 spiro atoms. The van der Waals surface area contributed by atoms with Gasteiger partial charge in [-0.2, -0.15) is 0 Å². The second-order valence-electron chi connectivity index (χ2n) is 7.32. The Morgan fingerprint density at radius 2 is 1.96 bits per heavy atom. The summed E-state index contributed by atoms with van der Waals surface area (Å²) < 4.78 is 0. The molecule has 3 rings (SSSR count). The van der Waals surface area contributed by atoms with Crippen LogP contribution in [0.3, 0.4) is 0 Å². The number of carbonyl (C=O) groups excluding carboxylic acids is 1. The molecule has 1 N–H and O–H groups in total. The summed E-state index contributed by atoms with van der Waals surface area (Å²) in [6, 6.07) is 11.0. The van der Waals surface area contributed by atoms with Crippen molar-refractivity contribution in [1.29, 1.82) is 0 Å². The van der Waals surface area contributed by atoms with Gasteiger partial charge in [0.15, 0.2) is 0 Å². The van der Waals surface area contributed by atoms with Gasteiger partial charge in [-0.25, -0.2) is 0 Å². The van der Waals surface area contributed by atoms with Gasteiger partial charge >= 0.3 is 0 Å². The Bertz CT molecular complexity index is 535. The van der Waals surface area contributed by atoms with Crippen LogP contribution in [-0.2, 0) is 4.79 Å². The van der Waals surface area contributed by atoms with Crippen LogP contribution in [0.25, 0.3) is 0 Å². The van der Waals surface area contributed by atoms with Gasteiger partial charge in [0.25, 0.3) is 0 Å². The summed E-state index contributed by atoms with van der Waals surface area (Å²) in [4.78, 5) is 19.3. The van der Waals surface area contributed by atoms with Crippen LogP contribution < -0.4 is 10.2 Å². The summed E-state index contributed by atoms with van der Waals surface area (Å²) in [6.07, 6.45) is 1.15. The van der Waals surface area contributed by atoms with Crippen molar-refractivity contribution < 1.29 is 4.79 Å². The molecule has 2 atom stereocenters. The standard InChI is InChI=1S/C19H30N4O/c1-16-13-21(2)10-11-22(16)15-19(24)20-12-17-8-9-23(14-17)18-6-4-3-5-7-18/h3-7,16-17H,8-15H2,1-2H3,(H,20,24)/t16-,17-/m1/s1. The average molecular weight is 330 g/mol. The van der Waals surface area contributed by atoms with Gasteiger partial charge in [0.05, 0.1) is 6.54 Å². The Morgan fingerprint density at radius 3 is 2.71 bits per heavy atom. The first-order valence-electron chi connectivity index (χ1n) is 9.11. The van der Waals surface area contributed by atoms with E-state index in [2.05, 4.69) is 64.3 Å². The average Bonchev–Trinajstić information content (AvgIpc) is 3.05. The molecule has 0 radical (unpaired) electrons. The van der Waals surface area contributed by atoms with Crippen molar-refractivity contribution in [3.8, 4) is 0 Å². The molecule has 0 saturated carbocycles. The van der Waals surface area contributed by atoms with Gasteiger partial charge in [0, 0.05) is 51.0 Å². The molecular formula is C19H30N4O. The van der Waals surface area contributed by atoms with Crippen LogP contribution in [0, 0.1) is 5.92 Å². The van der Waals surface area contributed by atoms with E-state index >= 15 is 0 Å². The van der Waals surface area contributed by atoms with E-state index in [1.807, 2.05) is 0 Å². The molecule has 2 fully saturated rings. The monoisotopic (exact) mass is 330 g/mol. The maximum atomic E-state index is 12.3. The Hall–Kier alpha value is -1.59. The summed E-state index contributed by atoms with van der Waals surface area (Å²) in [5.74, 6) is 0.726. The maximum absolute atomic E-state index is 12.3. The highest BCUT2D eigenvalue weighted by molar-refractivity contribution is 5.78. The van der Waals surface area contributed by atoms with Gasteiger partial charge < -0.3 is 15.1 Å². The molecule has 2 aliphatic rings. The SMILES string of the molecule is C[C@@H]1CN(C)CCN1CC(=O)NC[C@H]1CCN(c2ccccc2)C1. The fourth-order valence-electron chi connectivity index (χ4n) is 3.78. The zero-order chi connectivity index (χ0) is 16.9. The first-order chi connectivity index (χ1) is 11.6. The van der Waals surface area contributed by atoms with E-state index in [-0.39, 0.29) is 5.91 Å². The van der Waals surface area contributed by atoms with Gasteiger partial charge in [-0.1, -0.05) is 18.2 Å². The van der Waals surface area contributed by atoms with E-state index in [9.17, 15) is 4.79 Å². The van der Waals surface area contributed by atoms with Gasteiger partial charge in [-0.15, -0.1) is 0 Å². The van der Waals surface area contributed by atoms with Gasteiger partial charge in [0.2, 0.25) is 5.91 Å². The number of benzene rings is 1. The summed E-state index contributed by atoms with van der Waals surface area (Å²) in [7, 11) is 2.15. The van der Waals surface area contributed by atoms with Crippen LogP contribution in [-0.4, -0.2) is 74.6 Å². The molecule has 2 aliphatic heterocycles. The number of para-hydroxylation sites is 1. The van der Waals surface area contributed by atoms with Crippen molar-refractivity contribution in [2.45, 2.75) is 19.4 Å². The van der Waals surface area contributed by atoms with Crippen LogP contribution in [0.2, 0.25) is 0 Å². The Labute approximate surface area is 145 Å². The predicted molar refractivity (Wildman–Crippen MR) is 98.3 cm³/mol. The summed E-state index contributed by atoms with van der Waals surface area (Å²) in [5.41, 5.74) is 1.29. The number of anilines is 1. The second-order valence-corrected chi connectivity index (χ2v) is 7.32. The van der Waals surface area contributed by atoms with Crippen molar-refractivity contribution in [3.63, 3.8) is 0 Å². The minimum atomic E-state index is 0.171. The quantitative estimate of drug-likeness (QED) is 0.882.